The summed E-state index contributed by atoms with van der Waals surface area (Å²) in [7, 11) is 0. The van der Waals surface area contributed by atoms with Crippen molar-refractivity contribution < 1.29 is 9.90 Å². The van der Waals surface area contributed by atoms with Crippen molar-refractivity contribution in [1.82, 2.24) is 4.90 Å². The molecule has 2 rings (SSSR count). The highest BCUT2D eigenvalue weighted by molar-refractivity contribution is 9.10. The van der Waals surface area contributed by atoms with Gasteiger partial charge in [-0.3, -0.25) is 4.79 Å². The summed E-state index contributed by atoms with van der Waals surface area (Å²) in [6.07, 6.45) is 0.962. The Kier molecular flexibility index (Phi) is 4.07. The Labute approximate surface area is 116 Å². The summed E-state index contributed by atoms with van der Waals surface area (Å²) in [6.45, 7) is 4.80. The first-order chi connectivity index (χ1) is 8.56. The predicted octanol–water partition coefficient (Wildman–Crippen LogP) is 2.60. The van der Waals surface area contributed by atoms with Gasteiger partial charge in [0.1, 0.15) is 0 Å². The highest BCUT2D eigenvalue weighted by Crippen LogP contribution is 2.27. The normalized spacial score (nSPS) is 23.4. The molecule has 1 aromatic rings. The van der Waals surface area contributed by atoms with Crippen LogP contribution in [0.1, 0.15) is 29.3 Å². The molecule has 3 nitrogen and oxygen atoms in total. The van der Waals surface area contributed by atoms with E-state index in [0.29, 0.717) is 5.92 Å². The summed E-state index contributed by atoms with van der Waals surface area (Å²) in [4.78, 5) is 14.3. The van der Waals surface area contributed by atoms with Crippen molar-refractivity contribution in [2.75, 3.05) is 13.2 Å². The minimum Gasteiger partial charge on any atom is -0.394 e. The van der Waals surface area contributed by atoms with Gasteiger partial charge >= 0.3 is 0 Å². The van der Waals surface area contributed by atoms with Crippen LogP contribution in [-0.2, 0) is 0 Å². The molecule has 0 spiro atoms. The number of halogens is 1. The fraction of sp³-hybridized carbons (Fsp3) is 0.500. The summed E-state index contributed by atoms with van der Waals surface area (Å²) >= 11 is 3.45. The molecule has 2 atom stereocenters. The first kappa shape index (κ1) is 13.6. The Morgan fingerprint density at radius 2 is 2.28 bits per heavy atom. The summed E-state index contributed by atoms with van der Waals surface area (Å²) in [5.74, 6) is 0.392. The molecule has 4 heteroatoms. The molecule has 2 unspecified atom stereocenters. The monoisotopic (exact) mass is 311 g/mol. The number of hydrogen-bond acceptors (Lipinski definition) is 2. The van der Waals surface area contributed by atoms with Gasteiger partial charge in [0.15, 0.2) is 0 Å². The maximum atomic E-state index is 12.5. The number of hydrogen-bond donors (Lipinski definition) is 1. The molecule has 1 fully saturated rings. The summed E-state index contributed by atoms with van der Waals surface area (Å²) in [6, 6.07) is 5.61. The highest BCUT2D eigenvalue weighted by Gasteiger charge is 2.34. The summed E-state index contributed by atoms with van der Waals surface area (Å²) < 4.78 is 0.946. The van der Waals surface area contributed by atoms with E-state index in [9.17, 15) is 9.90 Å². The molecule has 0 aromatic heterocycles. The van der Waals surface area contributed by atoms with Crippen LogP contribution in [0.3, 0.4) is 0 Å². The molecule has 1 amide bonds. The molecule has 0 saturated carbocycles. The number of benzene rings is 1. The van der Waals surface area contributed by atoms with Crippen LogP contribution in [-0.4, -0.2) is 35.1 Å². The standard InChI is InChI=1S/C14H18BrNO2/c1-9-6-7-16(13(9)8-17)14(18)11-4-3-5-12(15)10(11)2/h3-5,9,13,17H,6-8H2,1-2H3. The maximum absolute atomic E-state index is 12.5. The second-order valence-electron chi connectivity index (χ2n) is 4.93. The van der Waals surface area contributed by atoms with Crippen molar-refractivity contribution in [3.8, 4) is 0 Å². The maximum Gasteiger partial charge on any atom is 0.254 e. The highest BCUT2D eigenvalue weighted by atomic mass is 79.9. The molecule has 98 valence electrons. The molecule has 1 aromatic carbocycles. The van der Waals surface area contributed by atoms with Gasteiger partial charge in [-0.05, 0) is 37.0 Å². The fourth-order valence-corrected chi connectivity index (χ4v) is 2.90. The van der Waals surface area contributed by atoms with Gasteiger partial charge in [0.05, 0.1) is 12.6 Å². The topological polar surface area (TPSA) is 40.5 Å². The molecule has 1 N–H and O–H groups in total. The average Bonchev–Trinajstić information content (AvgIpc) is 2.73. The van der Waals surface area contributed by atoms with Gasteiger partial charge in [-0.2, -0.15) is 0 Å². The van der Waals surface area contributed by atoms with Crippen molar-refractivity contribution in [2.45, 2.75) is 26.3 Å². The van der Waals surface area contributed by atoms with Crippen molar-refractivity contribution in [2.24, 2.45) is 5.92 Å². The molecule has 1 heterocycles. The van der Waals surface area contributed by atoms with Crippen molar-refractivity contribution in [3.63, 3.8) is 0 Å². The zero-order chi connectivity index (χ0) is 13.3. The molecular formula is C14H18BrNO2. The van der Waals surface area contributed by atoms with Crippen LogP contribution < -0.4 is 0 Å². The van der Waals surface area contributed by atoms with Gasteiger partial charge in [0, 0.05) is 16.6 Å². The number of aliphatic hydroxyl groups is 1. The lowest BCUT2D eigenvalue weighted by Gasteiger charge is -2.26. The lowest BCUT2D eigenvalue weighted by Crippen LogP contribution is -2.40. The number of aliphatic hydroxyl groups excluding tert-OH is 1. The van der Waals surface area contributed by atoms with Gasteiger partial charge in [0.2, 0.25) is 0 Å². The number of nitrogens with zero attached hydrogens (tertiary/aromatic N) is 1. The molecule has 0 radical (unpaired) electrons. The number of carbonyl (C=O) groups excluding carboxylic acids is 1. The van der Waals surface area contributed by atoms with Crippen LogP contribution in [0.15, 0.2) is 22.7 Å². The third-order valence-corrected chi connectivity index (χ3v) is 4.69. The quantitative estimate of drug-likeness (QED) is 0.912. The Hall–Kier alpha value is -0.870. The second kappa shape index (κ2) is 5.41. The summed E-state index contributed by atoms with van der Waals surface area (Å²) in [5.41, 5.74) is 1.68. The average molecular weight is 312 g/mol. The van der Waals surface area contributed by atoms with E-state index in [4.69, 9.17) is 0 Å². The Bertz CT molecular complexity index is 461. The molecule has 0 aliphatic carbocycles. The third-order valence-electron chi connectivity index (χ3n) is 3.83. The van der Waals surface area contributed by atoms with Crippen molar-refractivity contribution in [3.05, 3.63) is 33.8 Å². The van der Waals surface area contributed by atoms with E-state index in [1.165, 1.54) is 0 Å². The van der Waals surface area contributed by atoms with Crippen LogP contribution in [0.2, 0.25) is 0 Å². The van der Waals surface area contributed by atoms with Crippen LogP contribution in [0.25, 0.3) is 0 Å². The van der Waals surface area contributed by atoms with E-state index < -0.39 is 0 Å². The van der Waals surface area contributed by atoms with Crippen LogP contribution >= 0.6 is 15.9 Å². The molecule has 18 heavy (non-hydrogen) atoms. The van der Waals surface area contributed by atoms with Gasteiger partial charge in [-0.1, -0.05) is 28.9 Å². The van der Waals surface area contributed by atoms with Crippen LogP contribution in [0, 0.1) is 12.8 Å². The second-order valence-corrected chi connectivity index (χ2v) is 5.78. The van der Waals surface area contributed by atoms with E-state index >= 15 is 0 Å². The van der Waals surface area contributed by atoms with E-state index in [-0.39, 0.29) is 18.6 Å². The molecule has 0 bridgehead atoms. The smallest absolute Gasteiger partial charge is 0.254 e. The first-order valence-electron chi connectivity index (χ1n) is 6.23. The Morgan fingerprint density at radius 1 is 1.56 bits per heavy atom. The first-order valence-corrected chi connectivity index (χ1v) is 7.02. The van der Waals surface area contributed by atoms with Gasteiger partial charge in [-0.15, -0.1) is 0 Å². The van der Waals surface area contributed by atoms with Gasteiger partial charge in [0.25, 0.3) is 5.91 Å². The predicted molar refractivity (Wildman–Crippen MR) is 74.6 cm³/mol. The molecule has 1 saturated heterocycles. The largest absolute Gasteiger partial charge is 0.394 e. The van der Waals surface area contributed by atoms with E-state index in [0.717, 1.165) is 28.6 Å². The number of amides is 1. The van der Waals surface area contributed by atoms with Crippen LogP contribution in [0.4, 0.5) is 0 Å². The van der Waals surface area contributed by atoms with E-state index in [2.05, 4.69) is 22.9 Å². The van der Waals surface area contributed by atoms with Gasteiger partial charge < -0.3 is 10.0 Å². The minimum atomic E-state index is -0.0455. The van der Waals surface area contributed by atoms with E-state index in [1.54, 1.807) is 4.90 Å². The Balaban J connectivity index is 2.29. The van der Waals surface area contributed by atoms with E-state index in [1.807, 2.05) is 25.1 Å². The summed E-state index contributed by atoms with van der Waals surface area (Å²) in [5, 5.41) is 9.42. The molecular weight excluding hydrogens is 294 g/mol. The van der Waals surface area contributed by atoms with Crippen molar-refractivity contribution in [1.29, 1.82) is 0 Å². The molecule has 1 aliphatic heterocycles. The molecule has 1 aliphatic rings. The number of likely N-dealkylation sites (tertiary alicyclic amines) is 1. The lowest BCUT2D eigenvalue weighted by molar-refractivity contribution is 0.0647. The number of rotatable bonds is 2. The Morgan fingerprint density at radius 3 is 2.94 bits per heavy atom. The number of carbonyl (C=O) groups is 1. The fourth-order valence-electron chi connectivity index (χ4n) is 2.53. The zero-order valence-electron chi connectivity index (χ0n) is 10.7. The minimum absolute atomic E-state index is 0.0252. The zero-order valence-corrected chi connectivity index (χ0v) is 12.3. The van der Waals surface area contributed by atoms with Crippen LogP contribution in [0.5, 0.6) is 0 Å². The van der Waals surface area contributed by atoms with Crippen molar-refractivity contribution >= 4 is 21.8 Å². The SMILES string of the molecule is Cc1c(Br)cccc1C(=O)N1CCC(C)C1CO. The van der Waals surface area contributed by atoms with Gasteiger partial charge in [-0.25, -0.2) is 0 Å². The third kappa shape index (κ3) is 2.31. The lowest BCUT2D eigenvalue weighted by atomic mass is 10.0.